The van der Waals surface area contributed by atoms with E-state index in [9.17, 15) is 9.50 Å². The molecule has 2 heteroatoms. The first-order valence-electron chi connectivity index (χ1n) is 5.67. The molecule has 0 heterocycles. The van der Waals surface area contributed by atoms with Crippen LogP contribution in [0, 0.1) is 5.82 Å². The molecule has 1 N–H and O–H groups in total. The lowest BCUT2D eigenvalue weighted by atomic mass is 10.0. The third-order valence-corrected chi connectivity index (χ3v) is 2.56. The van der Waals surface area contributed by atoms with Crippen LogP contribution in [0.15, 0.2) is 24.3 Å². The summed E-state index contributed by atoms with van der Waals surface area (Å²) in [6, 6.07) is 6.21. The van der Waals surface area contributed by atoms with Crippen molar-refractivity contribution in [3.05, 3.63) is 35.6 Å². The van der Waals surface area contributed by atoms with E-state index in [1.807, 2.05) is 0 Å². The van der Waals surface area contributed by atoms with Gasteiger partial charge in [0.25, 0.3) is 0 Å². The fraction of sp³-hybridized carbons (Fsp3) is 0.538. The molecule has 1 atom stereocenters. The van der Waals surface area contributed by atoms with Crippen LogP contribution in [0.5, 0.6) is 0 Å². The van der Waals surface area contributed by atoms with Crippen molar-refractivity contribution in [3.8, 4) is 0 Å². The third-order valence-electron chi connectivity index (χ3n) is 2.56. The summed E-state index contributed by atoms with van der Waals surface area (Å²) in [7, 11) is 0. The fourth-order valence-corrected chi connectivity index (χ4v) is 1.64. The van der Waals surface area contributed by atoms with E-state index in [2.05, 4.69) is 6.92 Å². The Morgan fingerprint density at radius 3 is 2.73 bits per heavy atom. The summed E-state index contributed by atoms with van der Waals surface area (Å²) in [5.41, 5.74) is 0.687. The summed E-state index contributed by atoms with van der Waals surface area (Å²) >= 11 is 0. The molecule has 0 aliphatic rings. The van der Waals surface area contributed by atoms with Gasteiger partial charge in [-0.15, -0.1) is 0 Å². The monoisotopic (exact) mass is 210 g/mol. The maximum absolute atomic E-state index is 12.9. The average Bonchev–Trinajstić information content (AvgIpc) is 2.24. The summed E-state index contributed by atoms with van der Waals surface area (Å²) in [4.78, 5) is 0. The van der Waals surface area contributed by atoms with Crippen LogP contribution in [0.1, 0.15) is 50.7 Å². The van der Waals surface area contributed by atoms with E-state index in [-0.39, 0.29) is 5.82 Å². The van der Waals surface area contributed by atoms with Gasteiger partial charge in [-0.2, -0.15) is 0 Å². The van der Waals surface area contributed by atoms with E-state index < -0.39 is 6.10 Å². The second-order valence-corrected chi connectivity index (χ2v) is 3.92. The summed E-state index contributed by atoms with van der Waals surface area (Å²) in [6.45, 7) is 2.16. The van der Waals surface area contributed by atoms with Gasteiger partial charge >= 0.3 is 0 Å². The van der Waals surface area contributed by atoms with Crippen LogP contribution in [-0.4, -0.2) is 5.11 Å². The van der Waals surface area contributed by atoms with Crippen molar-refractivity contribution < 1.29 is 9.50 Å². The molecule has 1 unspecified atom stereocenters. The Hall–Kier alpha value is -0.890. The van der Waals surface area contributed by atoms with Gasteiger partial charge in [0, 0.05) is 0 Å². The van der Waals surface area contributed by atoms with Crippen LogP contribution in [-0.2, 0) is 0 Å². The highest BCUT2D eigenvalue weighted by molar-refractivity contribution is 5.18. The smallest absolute Gasteiger partial charge is 0.123 e. The van der Waals surface area contributed by atoms with E-state index in [4.69, 9.17) is 0 Å². The standard InChI is InChI=1S/C13H19FO/c1-2-3-4-5-9-13(15)11-7-6-8-12(14)10-11/h6-8,10,13,15H,2-5,9H2,1H3. The maximum atomic E-state index is 12.9. The predicted molar refractivity (Wildman–Crippen MR) is 60.1 cm³/mol. The molecule has 0 fully saturated rings. The van der Waals surface area contributed by atoms with Gasteiger partial charge in [-0.1, -0.05) is 44.7 Å². The first-order chi connectivity index (χ1) is 7.24. The molecule has 0 bridgehead atoms. The third kappa shape index (κ3) is 4.43. The second kappa shape index (κ2) is 6.57. The molecule has 0 amide bonds. The zero-order valence-corrected chi connectivity index (χ0v) is 9.25. The molecule has 0 aliphatic carbocycles. The molecule has 0 radical (unpaired) electrons. The number of benzene rings is 1. The van der Waals surface area contributed by atoms with Crippen LogP contribution in [0.25, 0.3) is 0 Å². The molecule has 15 heavy (non-hydrogen) atoms. The van der Waals surface area contributed by atoms with E-state index in [0.717, 1.165) is 19.3 Å². The molecule has 1 aromatic carbocycles. The van der Waals surface area contributed by atoms with Crippen molar-refractivity contribution in [1.29, 1.82) is 0 Å². The molecule has 0 aliphatic heterocycles. The average molecular weight is 210 g/mol. The van der Waals surface area contributed by atoms with E-state index in [1.54, 1.807) is 12.1 Å². The molecule has 0 spiro atoms. The van der Waals surface area contributed by atoms with E-state index in [1.165, 1.54) is 25.0 Å². The van der Waals surface area contributed by atoms with Gasteiger partial charge in [-0.25, -0.2) is 4.39 Å². The zero-order valence-electron chi connectivity index (χ0n) is 9.25. The summed E-state index contributed by atoms with van der Waals surface area (Å²) in [5, 5.41) is 9.78. The second-order valence-electron chi connectivity index (χ2n) is 3.92. The Morgan fingerprint density at radius 2 is 2.07 bits per heavy atom. The SMILES string of the molecule is CCCCCCC(O)c1cccc(F)c1. The largest absolute Gasteiger partial charge is 0.388 e. The molecule has 0 saturated heterocycles. The van der Waals surface area contributed by atoms with Crippen molar-refractivity contribution in [2.45, 2.75) is 45.1 Å². The molecular formula is C13H19FO. The molecular weight excluding hydrogens is 191 g/mol. The van der Waals surface area contributed by atoms with Gasteiger partial charge in [-0.3, -0.25) is 0 Å². The zero-order chi connectivity index (χ0) is 11.1. The number of aliphatic hydroxyl groups excluding tert-OH is 1. The quantitative estimate of drug-likeness (QED) is 0.707. The molecule has 1 aromatic rings. The van der Waals surface area contributed by atoms with Crippen molar-refractivity contribution in [1.82, 2.24) is 0 Å². The van der Waals surface area contributed by atoms with Crippen LogP contribution in [0.3, 0.4) is 0 Å². The van der Waals surface area contributed by atoms with Gasteiger partial charge in [0.1, 0.15) is 5.82 Å². The minimum atomic E-state index is -0.516. The molecule has 1 rings (SSSR count). The Balaban J connectivity index is 2.36. The Morgan fingerprint density at radius 1 is 1.27 bits per heavy atom. The lowest BCUT2D eigenvalue weighted by Crippen LogP contribution is -1.97. The van der Waals surface area contributed by atoms with Crippen molar-refractivity contribution >= 4 is 0 Å². The summed E-state index contributed by atoms with van der Waals surface area (Å²) in [6.07, 6.45) is 4.75. The molecule has 0 saturated carbocycles. The van der Waals surface area contributed by atoms with Gasteiger partial charge in [0.05, 0.1) is 6.10 Å². The van der Waals surface area contributed by atoms with Crippen LogP contribution < -0.4 is 0 Å². The Labute approximate surface area is 90.9 Å². The minimum absolute atomic E-state index is 0.278. The van der Waals surface area contributed by atoms with Crippen molar-refractivity contribution in [3.63, 3.8) is 0 Å². The predicted octanol–water partition coefficient (Wildman–Crippen LogP) is 3.83. The lowest BCUT2D eigenvalue weighted by Gasteiger charge is -2.10. The summed E-state index contributed by atoms with van der Waals surface area (Å²) < 4.78 is 12.9. The molecule has 0 aromatic heterocycles. The van der Waals surface area contributed by atoms with Crippen molar-refractivity contribution in [2.75, 3.05) is 0 Å². The first-order valence-corrected chi connectivity index (χ1v) is 5.67. The molecule has 84 valence electrons. The van der Waals surface area contributed by atoms with E-state index >= 15 is 0 Å². The number of halogens is 1. The van der Waals surface area contributed by atoms with Crippen LogP contribution in [0.4, 0.5) is 4.39 Å². The van der Waals surface area contributed by atoms with Gasteiger partial charge in [-0.05, 0) is 24.1 Å². The van der Waals surface area contributed by atoms with Gasteiger partial charge in [0.2, 0.25) is 0 Å². The first kappa shape index (κ1) is 12.2. The normalized spacial score (nSPS) is 12.7. The molecule has 1 nitrogen and oxygen atoms in total. The Bertz CT molecular complexity index is 286. The number of aliphatic hydroxyl groups is 1. The topological polar surface area (TPSA) is 20.2 Å². The number of hydrogen-bond donors (Lipinski definition) is 1. The van der Waals surface area contributed by atoms with Gasteiger partial charge in [0.15, 0.2) is 0 Å². The highest BCUT2D eigenvalue weighted by Crippen LogP contribution is 2.20. The Kier molecular flexibility index (Phi) is 5.33. The maximum Gasteiger partial charge on any atom is 0.123 e. The summed E-state index contributed by atoms with van der Waals surface area (Å²) in [5.74, 6) is -0.278. The van der Waals surface area contributed by atoms with E-state index in [0.29, 0.717) is 5.56 Å². The highest BCUT2D eigenvalue weighted by Gasteiger charge is 2.07. The highest BCUT2D eigenvalue weighted by atomic mass is 19.1. The van der Waals surface area contributed by atoms with Gasteiger partial charge < -0.3 is 5.11 Å². The van der Waals surface area contributed by atoms with Crippen LogP contribution in [0.2, 0.25) is 0 Å². The lowest BCUT2D eigenvalue weighted by molar-refractivity contribution is 0.163. The number of unbranched alkanes of at least 4 members (excludes halogenated alkanes) is 3. The van der Waals surface area contributed by atoms with Crippen LogP contribution >= 0.6 is 0 Å². The number of rotatable bonds is 6. The minimum Gasteiger partial charge on any atom is -0.388 e. The fourth-order valence-electron chi connectivity index (χ4n) is 1.64. The number of hydrogen-bond acceptors (Lipinski definition) is 1. The van der Waals surface area contributed by atoms with Crippen molar-refractivity contribution in [2.24, 2.45) is 0 Å².